The number of halogens is 1. The number of hydrogen-bond acceptors (Lipinski definition) is 5. The van der Waals surface area contributed by atoms with Crippen LogP contribution in [0.3, 0.4) is 0 Å². The van der Waals surface area contributed by atoms with Crippen molar-refractivity contribution in [3.63, 3.8) is 0 Å². The third kappa shape index (κ3) is 4.23. The molecule has 2 aromatic rings. The number of rotatable bonds is 4. The van der Waals surface area contributed by atoms with Gasteiger partial charge in [-0.15, -0.1) is 0 Å². The zero-order valence-corrected chi connectivity index (χ0v) is 16.7. The van der Waals surface area contributed by atoms with Gasteiger partial charge in [0.15, 0.2) is 0 Å². The van der Waals surface area contributed by atoms with E-state index in [1.807, 2.05) is 4.90 Å². The number of amides is 1. The van der Waals surface area contributed by atoms with Gasteiger partial charge in [0.2, 0.25) is 15.9 Å². The molecule has 1 saturated heterocycles. The molecule has 0 saturated carbocycles. The summed E-state index contributed by atoms with van der Waals surface area (Å²) in [6.07, 6.45) is 1.67. The fourth-order valence-electron chi connectivity index (χ4n) is 3.05. The standard InChI is InChI=1S/C18H21ClN4O3S/c1-13-5-6-15(21-14(2)24)12-17(13)27(25,26)23-10-8-22(9-11-23)18-16(19)4-3-7-20-18/h3-7,12H,8-11H2,1-2H3,(H,21,24). The molecule has 0 spiro atoms. The Hall–Kier alpha value is -2.16. The van der Waals surface area contributed by atoms with Crippen LogP contribution in [-0.2, 0) is 14.8 Å². The van der Waals surface area contributed by atoms with Crippen molar-refractivity contribution in [1.82, 2.24) is 9.29 Å². The van der Waals surface area contributed by atoms with Crippen molar-refractivity contribution in [2.24, 2.45) is 0 Å². The molecule has 1 aromatic heterocycles. The molecule has 1 amide bonds. The van der Waals surface area contributed by atoms with Crippen LogP contribution >= 0.6 is 11.6 Å². The number of nitrogens with zero attached hydrogens (tertiary/aromatic N) is 3. The quantitative estimate of drug-likeness (QED) is 0.840. The smallest absolute Gasteiger partial charge is 0.243 e. The number of benzene rings is 1. The Morgan fingerprint density at radius 1 is 1.19 bits per heavy atom. The van der Waals surface area contributed by atoms with Crippen molar-refractivity contribution < 1.29 is 13.2 Å². The molecule has 1 aromatic carbocycles. The summed E-state index contributed by atoms with van der Waals surface area (Å²) in [6.45, 7) is 4.79. The molecule has 27 heavy (non-hydrogen) atoms. The molecule has 0 aliphatic carbocycles. The Balaban J connectivity index is 1.79. The van der Waals surface area contributed by atoms with E-state index in [9.17, 15) is 13.2 Å². The molecule has 2 heterocycles. The Bertz CT molecular complexity index is 957. The van der Waals surface area contributed by atoms with Crippen molar-refractivity contribution in [2.45, 2.75) is 18.7 Å². The molecule has 144 valence electrons. The van der Waals surface area contributed by atoms with Crippen LogP contribution in [0.2, 0.25) is 5.02 Å². The largest absolute Gasteiger partial charge is 0.353 e. The summed E-state index contributed by atoms with van der Waals surface area (Å²) in [6, 6.07) is 8.42. The molecule has 3 rings (SSSR count). The minimum Gasteiger partial charge on any atom is -0.353 e. The second-order valence-electron chi connectivity index (χ2n) is 6.36. The van der Waals surface area contributed by atoms with E-state index in [-0.39, 0.29) is 10.8 Å². The maximum atomic E-state index is 13.1. The highest BCUT2D eigenvalue weighted by Gasteiger charge is 2.30. The van der Waals surface area contributed by atoms with Gasteiger partial charge in [0.1, 0.15) is 5.82 Å². The maximum Gasteiger partial charge on any atom is 0.243 e. The number of nitrogens with one attached hydrogen (secondary N) is 1. The Kier molecular flexibility index (Phi) is 5.69. The first-order valence-electron chi connectivity index (χ1n) is 8.53. The lowest BCUT2D eigenvalue weighted by atomic mass is 10.2. The summed E-state index contributed by atoms with van der Waals surface area (Å²) >= 11 is 6.19. The number of anilines is 2. The van der Waals surface area contributed by atoms with Gasteiger partial charge in [0.05, 0.1) is 9.92 Å². The first-order chi connectivity index (χ1) is 12.8. The molecule has 0 radical (unpaired) electrons. The van der Waals surface area contributed by atoms with Crippen LogP contribution in [0.15, 0.2) is 41.4 Å². The van der Waals surface area contributed by atoms with Gasteiger partial charge >= 0.3 is 0 Å². The van der Waals surface area contributed by atoms with Crippen LogP contribution in [0.1, 0.15) is 12.5 Å². The van der Waals surface area contributed by atoms with Crippen LogP contribution in [-0.4, -0.2) is 49.8 Å². The molecule has 9 heteroatoms. The SMILES string of the molecule is CC(=O)Nc1ccc(C)c(S(=O)(=O)N2CCN(c3ncccc3Cl)CC2)c1. The van der Waals surface area contributed by atoms with E-state index in [2.05, 4.69) is 10.3 Å². The number of sulfonamides is 1. The number of aryl methyl sites for hydroxylation is 1. The van der Waals surface area contributed by atoms with Crippen molar-refractivity contribution in [3.8, 4) is 0 Å². The third-order valence-corrected chi connectivity index (χ3v) is 6.74. The van der Waals surface area contributed by atoms with Gasteiger partial charge in [-0.05, 0) is 36.8 Å². The number of hydrogen-bond donors (Lipinski definition) is 1. The molecule has 1 N–H and O–H groups in total. The first-order valence-corrected chi connectivity index (χ1v) is 10.3. The summed E-state index contributed by atoms with van der Waals surface area (Å²) in [5.74, 6) is 0.420. The average molecular weight is 409 g/mol. The van der Waals surface area contributed by atoms with Gasteiger partial charge in [-0.2, -0.15) is 4.31 Å². The number of carbonyl (C=O) groups excluding carboxylic acids is 1. The van der Waals surface area contributed by atoms with E-state index in [1.165, 1.54) is 17.3 Å². The lowest BCUT2D eigenvalue weighted by Crippen LogP contribution is -2.49. The summed E-state index contributed by atoms with van der Waals surface area (Å²) in [5, 5.41) is 3.18. The lowest BCUT2D eigenvalue weighted by molar-refractivity contribution is -0.114. The summed E-state index contributed by atoms with van der Waals surface area (Å²) in [7, 11) is -3.66. The predicted molar refractivity (Wildman–Crippen MR) is 106 cm³/mol. The predicted octanol–water partition coefficient (Wildman–Crippen LogP) is 2.51. The van der Waals surface area contributed by atoms with E-state index in [4.69, 9.17) is 11.6 Å². The van der Waals surface area contributed by atoms with Gasteiger partial charge in [0.25, 0.3) is 0 Å². The molecule has 7 nitrogen and oxygen atoms in total. The van der Waals surface area contributed by atoms with E-state index in [0.29, 0.717) is 48.3 Å². The maximum absolute atomic E-state index is 13.1. The molecular weight excluding hydrogens is 388 g/mol. The van der Waals surface area contributed by atoms with Crippen LogP contribution in [0.5, 0.6) is 0 Å². The van der Waals surface area contributed by atoms with E-state index < -0.39 is 10.0 Å². The molecule has 0 bridgehead atoms. The minimum absolute atomic E-state index is 0.207. The summed E-state index contributed by atoms with van der Waals surface area (Å²) < 4.78 is 27.7. The number of aromatic nitrogens is 1. The van der Waals surface area contributed by atoms with Crippen molar-refractivity contribution in [3.05, 3.63) is 47.1 Å². The summed E-state index contributed by atoms with van der Waals surface area (Å²) in [4.78, 5) is 17.7. The molecule has 1 aliphatic rings. The van der Waals surface area contributed by atoms with Crippen LogP contribution in [0.25, 0.3) is 0 Å². The van der Waals surface area contributed by atoms with Crippen molar-refractivity contribution in [1.29, 1.82) is 0 Å². The van der Waals surface area contributed by atoms with Crippen LogP contribution < -0.4 is 10.2 Å². The van der Waals surface area contributed by atoms with E-state index in [1.54, 1.807) is 37.4 Å². The zero-order chi connectivity index (χ0) is 19.6. The number of piperazine rings is 1. The van der Waals surface area contributed by atoms with Gasteiger partial charge in [0, 0.05) is 45.0 Å². The monoisotopic (exact) mass is 408 g/mol. The highest BCUT2D eigenvalue weighted by atomic mass is 35.5. The fraction of sp³-hybridized carbons (Fsp3) is 0.333. The number of carbonyl (C=O) groups is 1. The lowest BCUT2D eigenvalue weighted by Gasteiger charge is -2.35. The van der Waals surface area contributed by atoms with Crippen molar-refractivity contribution in [2.75, 3.05) is 36.4 Å². The van der Waals surface area contributed by atoms with Gasteiger partial charge < -0.3 is 10.2 Å². The van der Waals surface area contributed by atoms with Gasteiger partial charge in [-0.25, -0.2) is 13.4 Å². The van der Waals surface area contributed by atoms with Gasteiger partial charge in [-0.3, -0.25) is 4.79 Å². The molecule has 1 fully saturated rings. The second kappa shape index (κ2) is 7.84. The third-order valence-electron chi connectivity index (χ3n) is 4.40. The Morgan fingerprint density at radius 3 is 2.52 bits per heavy atom. The normalized spacial score (nSPS) is 15.6. The molecular formula is C18H21ClN4O3S. The summed E-state index contributed by atoms with van der Waals surface area (Å²) in [5.41, 5.74) is 1.10. The number of pyridine rings is 1. The highest BCUT2D eigenvalue weighted by Crippen LogP contribution is 2.27. The fourth-order valence-corrected chi connectivity index (χ4v) is 4.96. The van der Waals surface area contributed by atoms with Crippen LogP contribution in [0.4, 0.5) is 11.5 Å². The van der Waals surface area contributed by atoms with Crippen molar-refractivity contribution >= 4 is 39.0 Å². The Labute approximate surface area is 164 Å². The minimum atomic E-state index is -3.66. The first kappa shape index (κ1) is 19.6. The second-order valence-corrected chi connectivity index (χ2v) is 8.67. The molecule has 0 unspecified atom stereocenters. The zero-order valence-electron chi connectivity index (χ0n) is 15.1. The highest BCUT2D eigenvalue weighted by molar-refractivity contribution is 7.89. The topological polar surface area (TPSA) is 82.6 Å². The van der Waals surface area contributed by atoms with E-state index >= 15 is 0 Å². The Morgan fingerprint density at radius 2 is 1.89 bits per heavy atom. The molecule has 0 atom stereocenters. The molecule has 1 aliphatic heterocycles. The van der Waals surface area contributed by atoms with Gasteiger partial charge in [-0.1, -0.05) is 17.7 Å². The van der Waals surface area contributed by atoms with E-state index in [0.717, 1.165) is 0 Å². The average Bonchev–Trinajstić information content (AvgIpc) is 2.63. The van der Waals surface area contributed by atoms with Crippen LogP contribution in [0, 0.1) is 6.92 Å².